The lowest BCUT2D eigenvalue weighted by molar-refractivity contribution is 1.08. The van der Waals surface area contributed by atoms with E-state index in [4.69, 9.17) is 15.0 Å². The quantitative estimate of drug-likeness (QED) is 0.228. The minimum Gasteiger partial charge on any atom is -0.264 e. The molecule has 184 valence electrons. The first kappa shape index (κ1) is 23.1. The van der Waals surface area contributed by atoms with Gasteiger partial charge in [0.15, 0.2) is 17.5 Å². The van der Waals surface area contributed by atoms with Crippen LogP contribution in [0.1, 0.15) is 0 Å². The summed E-state index contributed by atoms with van der Waals surface area (Å²) in [5.41, 5.74) is 6.40. The maximum absolute atomic E-state index is 4.94. The highest BCUT2D eigenvalue weighted by Gasteiger charge is 2.15. The number of rotatable bonds is 5. The number of hydrogen-bond donors (Lipinski definition) is 0. The van der Waals surface area contributed by atoms with Crippen molar-refractivity contribution in [3.8, 4) is 55.7 Å². The average Bonchev–Trinajstić information content (AvgIpc) is 3.47. The Morgan fingerprint density at radius 3 is 1.62 bits per heavy atom. The van der Waals surface area contributed by atoms with Crippen LogP contribution in [0.25, 0.3) is 65.8 Å². The van der Waals surface area contributed by atoms with E-state index in [0.29, 0.717) is 17.5 Å². The Kier molecular flexibility index (Phi) is 5.96. The van der Waals surface area contributed by atoms with Crippen molar-refractivity contribution in [2.75, 3.05) is 0 Å². The zero-order valence-electron chi connectivity index (χ0n) is 20.9. The SMILES string of the molecule is c1ccc(-c2ccc(-c3nc(-c4ccc(-c5cccnc5)cc4)nc(-c4cc5ccccc5s4)n3)cc2)cc1. The third-order valence-corrected chi connectivity index (χ3v) is 7.78. The van der Waals surface area contributed by atoms with Crippen molar-refractivity contribution in [2.45, 2.75) is 0 Å². The molecular formula is C34H22N4S. The van der Waals surface area contributed by atoms with E-state index in [9.17, 15) is 0 Å². The summed E-state index contributed by atoms with van der Waals surface area (Å²) in [6, 6.07) is 41.6. The second kappa shape index (κ2) is 10.0. The van der Waals surface area contributed by atoms with Crippen LogP contribution in [-0.2, 0) is 0 Å². The van der Waals surface area contributed by atoms with E-state index in [2.05, 4.69) is 114 Å². The van der Waals surface area contributed by atoms with Gasteiger partial charge in [-0.1, -0.05) is 103 Å². The molecule has 3 heterocycles. The molecule has 0 bridgehead atoms. The fraction of sp³-hybridized carbons (Fsp3) is 0. The standard InChI is InChI=1S/C34H22N4S/c1-2-7-23(8-3-1)24-12-16-26(17-13-24)32-36-33(27-18-14-25(15-19-27)29-10-6-20-35-22-29)38-34(37-32)31-21-28-9-4-5-11-30(28)39-31/h1-22H. The van der Waals surface area contributed by atoms with E-state index in [0.717, 1.165) is 32.7 Å². The second-order valence-corrected chi connectivity index (χ2v) is 10.3. The maximum Gasteiger partial charge on any atom is 0.174 e. The third-order valence-electron chi connectivity index (χ3n) is 6.67. The summed E-state index contributed by atoms with van der Waals surface area (Å²) in [5, 5.41) is 1.19. The van der Waals surface area contributed by atoms with Crippen LogP contribution in [0.4, 0.5) is 0 Å². The van der Waals surface area contributed by atoms with Gasteiger partial charge in [-0.15, -0.1) is 11.3 Å². The molecule has 0 aliphatic heterocycles. The normalized spacial score (nSPS) is 11.1. The van der Waals surface area contributed by atoms with Crippen LogP contribution >= 0.6 is 11.3 Å². The van der Waals surface area contributed by atoms with Crippen LogP contribution in [0.2, 0.25) is 0 Å². The summed E-state index contributed by atoms with van der Waals surface area (Å²) in [6.07, 6.45) is 3.65. The van der Waals surface area contributed by atoms with Crippen molar-refractivity contribution < 1.29 is 0 Å². The monoisotopic (exact) mass is 518 g/mol. The molecule has 4 nitrogen and oxygen atoms in total. The van der Waals surface area contributed by atoms with Gasteiger partial charge in [-0.05, 0) is 45.8 Å². The Labute approximate surface area is 230 Å². The zero-order valence-corrected chi connectivity index (χ0v) is 21.7. The van der Waals surface area contributed by atoms with E-state index in [1.54, 1.807) is 17.5 Å². The molecule has 0 amide bonds. The Morgan fingerprint density at radius 2 is 0.974 bits per heavy atom. The zero-order chi connectivity index (χ0) is 26.0. The second-order valence-electron chi connectivity index (χ2n) is 9.22. The Hall–Kier alpha value is -5.00. The Balaban J connectivity index is 1.32. The van der Waals surface area contributed by atoms with Crippen molar-refractivity contribution in [3.63, 3.8) is 0 Å². The number of thiophene rings is 1. The summed E-state index contributed by atoms with van der Waals surface area (Å²) in [5.74, 6) is 1.99. The van der Waals surface area contributed by atoms with Crippen molar-refractivity contribution in [3.05, 3.63) is 134 Å². The third kappa shape index (κ3) is 4.72. The van der Waals surface area contributed by atoms with E-state index in [1.807, 2.05) is 18.3 Å². The lowest BCUT2D eigenvalue weighted by Crippen LogP contribution is -1.99. The molecular weight excluding hydrogens is 496 g/mol. The van der Waals surface area contributed by atoms with Crippen molar-refractivity contribution >= 4 is 21.4 Å². The average molecular weight is 519 g/mol. The molecule has 3 aromatic heterocycles. The van der Waals surface area contributed by atoms with E-state index >= 15 is 0 Å². The van der Waals surface area contributed by atoms with E-state index in [-0.39, 0.29) is 0 Å². The highest BCUT2D eigenvalue weighted by molar-refractivity contribution is 7.22. The van der Waals surface area contributed by atoms with Crippen LogP contribution in [0.5, 0.6) is 0 Å². The fourth-order valence-corrected chi connectivity index (χ4v) is 5.62. The number of hydrogen-bond acceptors (Lipinski definition) is 5. The van der Waals surface area contributed by atoms with Crippen molar-refractivity contribution in [1.29, 1.82) is 0 Å². The summed E-state index contributed by atoms with van der Waals surface area (Å²) in [4.78, 5) is 20.1. The molecule has 0 spiro atoms. The van der Waals surface area contributed by atoms with Crippen LogP contribution in [0, 0.1) is 0 Å². The smallest absolute Gasteiger partial charge is 0.174 e. The van der Waals surface area contributed by atoms with Gasteiger partial charge < -0.3 is 0 Å². The first-order chi connectivity index (χ1) is 19.3. The molecule has 4 aromatic carbocycles. The van der Waals surface area contributed by atoms with Gasteiger partial charge in [0, 0.05) is 28.2 Å². The van der Waals surface area contributed by atoms with Crippen molar-refractivity contribution in [1.82, 2.24) is 19.9 Å². The van der Waals surface area contributed by atoms with Gasteiger partial charge in [-0.2, -0.15) is 0 Å². The van der Waals surface area contributed by atoms with E-state index in [1.165, 1.54) is 15.6 Å². The molecule has 0 aliphatic rings. The number of benzene rings is 4. The van der Waals surface area contributed by atoms with Crippen LogP contribution in [0.3, 0.4) is 0 Å². The van der Waals surface area contributed by atoms with E-state index < -0.39 is 0 Å². The Bertz CT molecular complexity index is 1740. The fourth-order valence-electron chi connectivity index (χ4n) is 4.62. The van der Waals surface area contributed by atoms with Gasteiger partial charge in [-0.3, -0.25) is 4.98 Å². The highest BCUT2D eigenvalue weighted by Crippen LogP contribution is 2.34. The van der Waals surface area contributed by atoms with Crippen LogP contribution in [-0.4, -0.2) is 19.9 Å². The van der Waals surface area contributed by atoms with Crippen LogP contribution < -0.4 is 0 Å². The van der Waals surface area contributed by atoms with Gasteiger partial charge in [0.05, 0.1) is 4.88 Å². The lowest BCUT2D eigenvalue weighted by atomic mass is 10.0. The van der Waals surface area contributed by atoms with Crippen LogP contribution in [0.15, 0.2) is 134 Å². The Morgan fingerprint density at radius 1 is 0.436 bits per heavy atom. The molecule has 0 saturated heterocycles. The first-order valence-electron chi connectivity index (χ1n) is 12.7. The molecule has 0 atom stereocenters. The number of aromatic nitrogens is 4. The summed E-state index contributed by atoms with van der Waals surface area (Å²) in [6.45, 7) is 0. The number of fused-ring (bicyclic) bond motifs is 1. The summed E-state index contributed by atoms with van der Waals surface area (Å²) in [7, 11) is 0. The lowest BCUT2D eigenvalue weighted by Gasteiger charge is -2.09. The summed E-state index contributed by atoms with van der Waals surface area (Å²) >= 11 is 1.70. The molecule has 0 aliphatic carbocycles. The minimum atomic E-state index is 0.650. The van der Waals surface area contributed by atoms with Gasteiger partial charge >= 0.3 is 0 Å². The first-order valence-corrected chi connectivity index (χ1v) is 13.5. The maximum atomic E-state index is 4.94. The van der Waals surface area contributed by atoms with Gasteiger partial charge in [0.1, 0.15) is 0 Å². The molecule has 0 saturated carbocycles. The largest absolute Gasteiger partial charge is 0.264 e. The molecule has 7 aromatic rings. The predicted octanol–water partition coefficient (Wildman–Crippen LogP) is 8.82. The molecule has 5 heteroatoms. The molecule has 7 rings (SSSR count). The van der Waals surface area contributed by atoms with Crippen molar-refractivity contribution in [2.24, 2.45) is 0 Å². The summed E-state index contributed by atoms with van der Waals surface area (Å²) < 4.78 is 1.21. The number of nitrogens with zero attached hydrogens (tertiary/aromatic N) is 4. The molecule has 0 fully saturated rings. The number of pyridine rings is 1. The molecule has 0 unspecified atom stereocenters. The molecule has 0 N–H and O–H groups in total. The molecule has 0 radical (unpaired) electrons. The minimum absolute atomic E-state index is 0.650. The molecule has 39 heavy (non-hydrogen) atoms. The topological polar surface area (TPSA) is 51.6 Å². The van der Waals surface area contributed by atoms with Gasteiger partial charge in [0.2, 0.25) is 0 Å². The highest BCUT2D eigenvalue weighted by atomic mass is 32.1. The van der Waals surface area contributed by atoms with Gasteiger partial charge in [0.25, 0.3) is 0 Å². The predicted molar refractivity (Wildman–Crippen MR) is 160 cm³/mol. The van der Waals surface area contributed by atoms with Gasteiger partial charge in [-0.25, -0.2) is 15.0 Å².